The van der Waals surface area contributed by atoms with Crippen LogP contribution in [0.4, 0.5) is 5.82 Å². The Labute approximate surface area is 188 Å². The molecule has 3 heterocycles. The summed E-state index contributed by atoms with van der Waals surface area (Å²) < 4.78 is 7.68. The van der Waals surface area contributed by atoms with Crippen molar-refractivity contribution in [2.45, 2.75) is 50.2 Å². The van der Waals surface area contributed by atoms with Crippen LogP contribution < -0.4 is 5.32 Å². The molecule has 0 aliphatic heterocycles. The first-order chi connectivity index (χ1) is 14.5. The maximum absolute atomic E-state index is 12.5. The van der Waals surface area contributed by atoms with Crippen LogP contribution in [0.1, 0.15) is 43.7 Å². The van der Waals surface area contributed by atoms with E-state index >= 15 is 0 Å². The molecule has 158 valence electrons. The van der Waals surface area contributed by atoms with Gasteiger partial charge in [-0.05, 0) is 37.5 Å². The number of carbonyl (C=O) groups excluding carboxylic acids is 1. The van der Waals surface area contributed by atoms with Crippen LogP contribution in [-0.4, -0.2) is 31.4 Å². The molecule has 1 aliphatic rings. The van der Waals surface area contributed by atoms with E-state index in [0.29, 0.717) is 44.2 Å². The molecular formula is C20H21Cl2N5O2S. The van der Waals surface area contributed by atoms with E-state index in [9.17, 15) is 4.79 Å². The normalized spacial score (nSPS) is 14.8. The van der Waals surface area contributed by atoms with Gasteiger partial charge in [0.15, 0.2) is 16.7 Å². The van der Waals surface area contributed by atoms with Crippen LogP contribution in [0.25, 0.3) is 11.6 Å². The van der Waals surface area contributed by atoms with Crippen LogP contribution in [0.2, 0.25) is 10.0 Å². The molecule has 0 aromatic carbocycles. The summed E-state index contributed by atoms with van der Waals surface area (Å²) in [5, 5.41) is 12.9. The van der Waals surface area contributed by atoms with Crippen molar-refractivity contribution >= 4 is 46.7 Å². The van der Waals surface area contributed by atoms with E-state index in [1.54, 1.807) is 13.2 Å². The van der Waals surface area contributed by atoms with Crippen molar-refractivity contribution in [3.63, 3.8) is 0 Å². The zero-order valence-corrected chi connectivity index (χ0v) is 18.7. The topological polar surface area (TPSA) is 85.8 Å². The second-order valence-electron chi connectivity index (χ2n) is 7.18. The van der Waals surface area contributed by atoms with E-state index in [1.807, 2.05) is 12.1 Å². The molecule has 0 atom stereocenters. The number of amides is 1. The summed E-state index contributed by atoms with van der Waals surface area (Å²) >= 11 is 13.6. The molecule has 3 aromatic rings. The fraction of sp³-hybridized carbons (Fsp3) is 0.400. The third-order valence-electron chi connectivity index (χ3n) is 5.14. The van der Waals surface area contributed by atoms with Gasteiger partial charge in [0.05, 0.1) is 22.1 Å². The summed E-state index contributed by atoms with van der Waals surface area (Å²) in [4.78, 5) is 16.6. The molecule has 0 bridgehead atoms. The first kappa shape index (κ1) is 21.2. The molecule has 0 radical (unpaired) electrons. The Hall–Kier alpha value is -2.03. The number of nitrogens with one attached hydrogen (secondary N) is 1. The lowest BCUT2D eigenvalue weighted by molar-refractivity contribution is -0.113. The Morgan fingerprint density at radius 3 is 2.83 bits per heavy atom. The van der Waals surface area contributed by atoms with Crippen LogP contribution >= 0.6 is 35.0 Å². The summed E-state index contributed by atoms with van der Waals surface area (Å²) in [6.07, 6.45) is 8.81. The van der Waals surface area contributed by atoms with Gasteiger partial charge in [-0.2, -0.15) is 0 Å². The Balaban J connectivity index is 1.50. The number of nitrogens with zero attached hydrogens (tertiary/aromatic N) is 4. The predicted molar refractivity (Wildman–Crippen MR) is 118 cm³/mol. The number of rotatable bonds is 6. The van der Waals surface area contributed by atoms with Gasteiger partial charge in [0.1, 0.15) is 0 Å². The smallest absolute Gasteiger partial charge is 0.236 e. The lowest BCUT2D eigenvalue weighted by Crippen LogP contribution is -2.18. The number of aromatic nitrogens is 4. The van der Waals surface area contributed by atoms with E-state index < -0.39 is 0 Å². The molecule has 4 rings (SSSR count). The monoisotopic (exact) mass is 465 g/mol. The maximum atomic E-state index is 12.5. The molecule has 10 heteroatoms. The molecule has 1 fully saturated rings. The zero-order chi connectivity index (χ0) is 21.1. The van der Waals surface area contributed by atoms with Crippen molar-refractivity contribution in [3.05, 3.63) is 40.2 Å². The molecule has 0 unspecified atom stereocenters. The quantitative estimate of drug-likeness (QED) is 0.463. The average Bonchev–Trinajstić information content (AvgIpc) is 3.43. The number of carbonyl (C=O) groups is 1. The lowest BCUT2D eigenvalue weighted by atomic mass is 9.95. The van der Waals surface area contributed by atoms with Gasteiger partial charge in [-0.1, -0.05) is 54.2 Å². The van der Waals surface area contributed by atoms with Crippen molar-refractivity contribution in [1.82, 2.24) is 19.7 Å². The largest absolute Gasteiger partial charge is 0.461 e. The number of anilines is 1. The molecule has 0 spiro atoms. The molecule has 7 nitrogen and oxygen atoms in total. The van der Waals surface area contributed by atoms with Gasteiger partial charge in [-0.25, -0.2) is 4.98 Å². The van der Waals surface area contributed by atoms with Gasteiger partial charge in [0.25, 0.3) is 0 Å². The SMILES string of the molecule is Cc1c(Cl)cnc(NC(=O)CSc2nnc(-c3ccco3)n2C2CCCCC2)c1Cl. The minimum Gasteiger partial charge on any atom is -0.461 e. The van der Waals surface area contributed by atoms with Gasteiger partial charge >= 0.3 is 0 Å². The standard InChI is InChI=1S/C20H21Cl2N5O2S/c1-12-14(21)10-23-18(17(12)22)24-16(28)11-30-20-26-25-19(15-8-5-9-29-15)27(20)13-6-3-2-4-7-13/h5,8-10,13H,2-4,6-7,11H2,1H3,(H,23,24,28). The number of thioether (sulfide) groups is 1. The third kappa shape index (κ3) is 4.50. The van der Waals surface area contributed by atoms with Crippen LogP contribution in [0.3, 0.4) is 0 Å². The highest BCUT2D eigenvalue weighted by molar-refractivity contribution is 7.99. The van der Waals surface area contributed by atoms with Crippen LogP contribution in [-0.2, 0) is 4.79 Å². The fourth-order valence-corrected chi connectivity index (χ4v) is 4.76. The Morgan fingerprint density at radius 1 is 1.30 bits per heavy atom. The predicted octanol–water partition coefficient (Wildman–Crippen LogP) is 5.78. The number of pyridine rings is 1. The van der Waals surface area contributed by atoms with Crippen molar-refractivity contribution in [1.29, 1.82) is 0 Å². The summed E-state index contributed by atoms with van der Waals surface area (Å²) in [6.45, 7) is 1.78. The van der Waals surface area contributed by atoms with Crippen molar-refractivity contribution in [2.75, 3.05) is 11.1 Å². The Kier molecular flexibility index (Phi) is 6.65. The van der Waals surface area contributed by atoms with E-state index in [2.05, 4.69) is 25.1 Å². The van der Waals surface area contributed by atoms with Gasteiger partial charge in [0.2, 0.25) is 11.7 Å². The van der Waals surface area contributed by atoms with Gasteiger partial charge in [-0.3, -0.25) is 9.36 Å². The average molecular weight is 466 g/mol. The summed E-state index contributed by atoms with van der Waals surface area (Å²) in [5.41, 5.74) is 0.677. The van der Waals surface area contributed by atoms with E-state index in [4.69, 9.17) is 27.6 Å². The number of halogens is 2. The maximum Gasteiger partial charge on any atom is 0.236 e. The highest BCUT2D eigenvalue weighted by Crippen LogP contribution is 2.36. The molecule has 1 amide bonds. The lowest BCUT2D eigenvalue weighted by Gasteiger charge is -2.25. The second-order valence-corrected chi connectivity index (χ2v) is 8.90. The molecule has 0 saturated heterocycles. The molecule has 1 aliphatic carbocycles. The minimum absolute atomic E-state index is 0.155. The molecule has 30 heavy (non-hydrogen) atoms. The van der Waals surface area contributed by atoms with Crippen molar-refractivity contribution in [2.24, 2.45) is 0 Å². The molecular weight excluding hydrogens is 445 g/mol. The third-order valence-corrected chi connectivity index (χ3v) is 6.93. The molecule has 1 N–H and O–H groups in total. The summed E-state index contributed by atoms with van der Waals surface area (Å²) in [5.74, 6) is 1.61. The van der Waals surface area contributed by atoms with Crippen molar-refractivity contribution < 1.29 is 9.21 Å². The van der Waals surface area contributed by atoms with Crippen LogP contribution in [0.5, 0.6) is 0 Å². The highest BCUT2D eigenvalue weighted by Gasteiger charge is 2.25. The summed E-state index contributed by atoms with van der Waals surface area (Å²) in [6, 6.07) is 4.01. The second kappa shape index (κ2) is 9.41. The van der Waals surface area contributed by atoms with Crippen LogP contribution in [0, 0.1) is 6.92 Å². The molecule has 1 saturated carbocycles. The van der Waals surface area contributed by atoms with E-state index in [-0.39, 0.29) is 11.7 Å². The first-order valence-electron chi connectivity index (χ1n) is 9.76. The number of furan rings is 1. The number of hydrogen-bond acceptors (Lipinski definition) is 6. The zero-order valence-electron chi connectivity index (χ0n) is 16.4. The fourth-order valence-electron chi connectivity index (χ4n) is 3.56. The van der Waals surface area contributed by atoms with E-state index in [0.717, 1.165) is 12.8 Å². The minimum atomic E-state index is -0.228. The first-order valence-corrected chi connectivity index (χ1v) is 11.5. The van der Waals surface area contributed by atoms with Gasteiger partial charge < -0.3 is 9.73 Å². The highest BCUT2D eigenvalue weighted by atomic mass is 35.5. The van der Waals surface area contributed by atoms with Gasteiger partial charge in [0, 0.05) is 12.2 Å². The number of hydrogen-bond donors (Lipinski definition) is 1. The van der Waals surface area contributed by atoms with E-state index in [1.165, 1.54) is 37.2 Å². The van der Waals surface area contributed by atoms with Crippen LogP contribution in [0.15, 0.2) is 34.2 Å². The Morgan fingerprint density at radius 2 is 2.10 bits per heavy atom. The van der Waals surface area contributed by atoms with Crippen molar-refractivity contribution in [3.8, 4) is 11.6 Å². The summed E-state index contributed by atoms with van der Waals surface area (Å²) in [7, 11) is 0. The Bertz CT molecular complexity index is 1030. The molecule has 3 aromatic heterocycles. The van der Waals surface area contributed by atoms with Gasteiger partial charge in [-0.15, -0.1) is 10.2 Å².